The van der Waals surface area contributed by atoms with Gasteiger partial charge in [0.2, 0.25) is 17.3 Å². The molecule has 0 aliphatic rings. The molecule has 0 fully saturated rings. The van der Waals surface area contributed by atoms with Crippen molar-refractivity contribution in [3.63, 3.8) is 0 Å². The van der Waals surface area contributed by atoms with Gasteiger partial charge in [-0.2, -0.15) is 4.52 Å². The molecule has 0 saturated heterocycles. The van der Waals surface area contributed by atoms with Crippen LogP contribution in [-0.4, -0.2) is 54.3 Å². The molecule has 2 N–H and O–H groups in total. The fraction of sp³-hybridized carbons (Fsp3) is 0.0833. The van der Waals surface area contributed by atoms with Gasteiger partial charge in [0, 0.05) is 37.3 Å². The average molecular weight is 503 g/mol. The second-order valence-electron chi connectivity index (χ2n) is 8.22. The van der Waals surface area contributed by atoms with Crippen molar-refractivity contribution in [2.75, 3.05) is 5.73 Å². The number of aryl methyl sites for hydroxylation is 1. The van der Waals surface area contributed by atoms with Crippen LogP contribution >= 0.6 is 0 Å². The first-order valence-electron chi connectivity index (χ1n) is 11.3. The molecule has 14 heteroatoms. The molecule has 0 aliphatic heterocycles. The summed E-state index contributed by atoms with van der Waals surface area (Å²) >= 11 is 0. The molecule has 0 unspecified atom stereocenters. The highest BCUT2D eigenvalue weighted by atomic mass is 16.1. The summed E-state index contributed by atoms with van der Waals surface area (Å²) in [6.45, 7) is 7.52. The van der Waals surface area contributed by atoms with E-state index in [1.165, 1.54) is 19.8 Å². The molecule has 5 aromatic heterocycles. The highest BCUT2D eigenvalue weighted by molar-refractivity contribution is 5.91. The molecule has 0 saturated carbocycles. The molecule has 0 aliphatic carbocycles. The van der Waals surface area contributed by atoms with E-state index in [1.54, 1.807) is 56.0 Å². The molecular weight excluding hydrogens is 486 g/mol. The van der Waals surface area contributed by atoms with E-state index in [1.807, 2.05) is 6.07 Å². The predicted molar refractivity (Wildman–Crippen MR) is 136 cm³/mol. The molecule has 6 rings (SSSR count). The number of nitrogens with zero attached hydrogens (tertiary/aromatic N) is 12. The zero-order chi connectivity index (χ0) is 26.2. The zero-order valence-electron chi connectivity index (χ0n) is 19.8. The number of fused-ring (bicyclic) bond motifs is 1. The number of benzene rings is 1. The van der Waals surface area contributed by atoms with Gasteiger partial charge in [-0.3, -0.25) is 4.79 Å². The average Bonchev–Trinajstić information content (AvgIpc) is 3.58. The van der Waals surface area contributed by atoms with Crippen LogP contribution in [-0.2, 0) is 13.6 Å². The normalized spacial score (nSPS) is 11.1. The molecule has 0 radical (unpaired) electrons. The lowest BCUT2D eigenvalue weighted by Gasteiger charge is -2.13. The van der Waals surface area contributed by atoms with Crippen LogP contribution in [0.2, 0.25) is 0 Å². The van der Waals surface area contributed by atoms with Crippen LogP contribution in [0.5, 0.6) is 0 Å². The second-order valence-corrected chi connectivity index (χ2v) is 8.22. The minimum atomic E-state index is -0.166. The second kappa shape index (κ2) is 8.99. The van der Waals surface area contributed by atoms with Crippen molar-refractivity contribution in [3.8, 4) is 34.0 Å². The Morgan fingerprint density at radius 1 is 1.05 bits per heavy atom. The predicted octanol–water partition coefficient (Wildman–Crippen LogP) is 1.78. The van der Waals surface area contributed by atoms with E-state index in [0.717, 1.165) is 0 Å². The van der Waals surface area contributed by atoms with Crippen molar-refractivity contribution in [1.29, 1.82) is 0 Å². The summed E-state index contributed by atoms with van der Waals surface area (Å²) in [7, 11) is 1.66. The summed E-state index contributed by atoms with van der Waals surface area (Å²) in [5, 5.41) is 16.4. The third-order valence-electron chi connectivity index (χ3n) is 5.77. The maximum atomic E-state index is 12.1. The Kier molecular flexibility index (Phi) is 5.35. The van der Waals surface area contributed by atoms with Crippen LogP contribution in [0.25, 0.3) is 44.5 Å². The van der Waals surface area contributed by atoms with Crippen molar-refractivity contribution in [1.82, 2.24) is 54.3 Å². The topological polar surface area (TPSA) is 165 Å². The monoisotopic (exact) mass is 503 g/mol. The van der Waals surface area contributed by atoms with E-state index in [4.69, 9.17) is 17.3 Å². The van der Waals surface area contributed by atoms with E-state index >= 15 is 0 Å². The fourth-order valence-electron chi connectivity index (χ4n) is 4.03. The lowest BCUT2D eigenvalue weighted by Crippen LogP contribution is -2.14. The Balaban J connectivity index is 1.55. The van der Waals surface area contributed by atoms with Gasteiger partial charge >= 0.3 is 0 Å². The van der Waals surface area contributed by atoms with Crippen LogP contribution in [0, 0.1) is 6.57 Å². The Bertz CT molecular complexity index is 1910. The standard InChI is InChI=1S/C24H17N13O/c1-26-16-6-3-5-14(11-16)20-19(15-7-8-18(38)35(2)12-15)22-29-17(32-37(22)24(25)30-20)13-36-23(31-33-34-36)21-27-9-4-10-28-21/h3-12H,13H2,2H3,(H2,25,30). The van der Waals surface area contributed by atoms with Crippen LogP contribution < -0.4 is 11.3 Å². The Morgan fingerprint density at radius 3 is 2.68 bits per heavy atom. The van der Waals surface area contributed by atoms with Gasteiger partial charge in [0.25, 0.3) is 0 Å². The van der Waals surface area contributed by atoms with E-state index < -0.39 is 0 Å². The van der Waals surface area contributed by atoms with Gasteiger partial charge in [-0.15, -0.1) is 10.2 Å². The molecule has 184 valence electrons. The lowest BCUT2D eigenvalue weighted by atomic mass is 10.0. The first kappa shape index (κ1) is 22.6. The number of anilines is 1. The van der Waals surface area contributed by atoms with Crippen LogP contribution in [0.4, 0.5) is 11.6 Å². The zero-order valence-corrected chi connectivity index (χ0v) is 19.8. The number of rotatable bonds is 5. The summed E-state index contributed by atoms with van der Waals surface area (Å²) in [5.74, 6) is 1.17. The van der Waals surface area contributed by atoms with Crippen LogP contribution in [0.15, 0.2) is 65.8 Å². The smallest absolute Gasteiger partial charge is 0.250 e. The maximum absolute atomic E-state index is 12.1. The van der Waals surface area contributed by atoms with Crippen molar-refractivity contribution in [3.05, 3.63) is 88.7 Å². The first-order valence-corrected chi connectivity index (χ1v) is 11.3. The summed E-state index contributed by atoms with van der Waals surface area (Å²) in [6.07, 6.45) is 4.89. The summed E-state index contributed by atoms with van der Waals surface area (Å²) < 4.78 is 4.38. The largest absolute Gasteiger partial charge is 0.368 e. The fourth-order valence-corrected chi connectivity index (χ4v) is 4.03. The third kappa shape index (κ3) is 3.89. The van der Waals surface area contributed by atoms with E-state index in [2.05, 4.69) is 40.4 Å². The van der Waals surface area contributed by atoms with Crippen molar-refractivity contribution in [2.45, 2.75) is 6.54 Å². The molecule has 0 amide bonds. The maximum Gasteiger partial charge on any atom is 0.250 e. The van der Waals surface area contributed by atoms with E-state index in [-0.39, 0.29) is 18.1 Å². The Hall–Kier alpha value is -5.84. The van der Waals surface area contributed by atoms with E-state index in [0.29, 0.717) is 51.2 Å². The number of hydrogen-bond acceptors (Lipinski definition) is 10. The van der Waals surface area contributed by atoms with Crippen LogP contribution in [0.3, 0.4) is 0 Å². The van der Waals surface area contributed by atoms with Gasteiger partial charge in [-0.1, -0.05) is 18.2 Å². The molecule has 5 heterocycles. The lowest BCUT2D eigenvalue weighted by molar-refractivity contribution is 0.626. The van der Waals surface area contributed by atoms with Gasteiger partial charge in [-0.25, -0.2) is 29.5 Å². The number of pyridine rings is 1. The number of hydrogen-bond donors (Lipinski definition) is 1. The Morgan fingerprint density at radius 2 is 1.89 bits per heavy atom. The van der Waals surface area contributed by atoms with Gasteiger partial charge < -0.3 is 10.3 Å². The van der Waals surface area contributed by atoms with Crippen LogP contribution in [0.1, 0.15) is 5.82 Å². The Labute approximate surface area is 213 Å². The molecule has 1 aromatic carbocycles. The van der Waals surface area contributed by atoms with Gasteiger partial charge in [0.15, 0.2) is 23.0 Å². The minimum absolute atomic E-state index is 0.0962. The molecule has 0 bridgehead atoms. The van der Waals surface area contributed by atoms with Gasteiger partial charge in [-0.05, 0) is 34.2 Å². The SMILES string of the molecule is [C-]#[N+]c1cccc(-c2nc(N)n3nc(Cn4nnnc4-c4ncccn4)nc3c2-c2ccc(=O)n(C)c2)c1. The minimum Gasteiger partial charge on any atom is -0.368 e. The summed E-state index contributed by atoms with van der Waals surface area (Å²) in [6, 6.07) is 11.9. The van der Waals surface area contributed by atoms with Crippen molar-refractivity contribution < 1.29 is 0 Å². The van der Waals surface area contributed by atoms with Crippen molar-refractivity contribution in [2.24, 2.45) is 7.05 Å². The van der Waals surface area contributed by atoms with Gasteiger partial charge in [0.1, 0.15) is 6.54 Å². The van der Waals surface area contributed by atoms with Crippen molar-refractivity contribution >= 4 is 17.3 Å². The highest BCUT2D eigenvalue weighted by Gasteiger charge is 2.22. The molecule has 0 atom stereocenters. The number of nitrogen functional groups attached to an aromatic ring is 1. The number of tetrazole rings is 1. The molecule has 14 nitrogen and oxygen atoms in total. The van der Waals surface area contributed by atoms with Gasteiger partial charge in [0.05, 0.1) is 17.8 Å². The molecule has 6 aromatic rings. The number of nitrogens with two attached hydrogens (primary N) is 1. The molecular formula is C24H17N13O. The first-order chi connectivity index (χ1) is 18.5. The highest BCUT2D eigenvalue weighted by Crippen LogP contribution is 2.35. The number of aromatic nitrogens is 11. The summed E-state index contributed by atoms with van der Waals surface area (Å²) in [4.78, 5) is 33.5. The molecule has 38 heavy (non-hydrogen) atoms. The summed E-state index contributed by atoms with van der Waals surface area (Å²) in [5.41, 5.74) is 9.48. The van der Waals surface area contributed by atoms with E-state index in [9.17, 15) is 4.79 Å². The third-order valence-corrected chi connectivity index (χ3v) is 5.77. The quantitative estimate of drug-likeness (QED) is 0.343. The molecule has 0 spiro atoms.